The van der Waals surface area contributed by atoms with Gasteiger partial charge in [0.1, 0.15) is 5.75 Å². The molecule has 28 heavy (non-hydrogen) atoms. The van der Waals surface area contributed by atoms with Crippen molar-refractivity contribution < 1.29 is 23.7 Å². The second-order valence-electron chi connectivity index (χ2n) is 6.36. The largest absolute Gasteiger partial charge is 0.496 e. The number of carbonyl (C=O) groups excluding carboxylic acids is 1. The van der Waals surface area contributed by atoms with Gasteiger partial charge in [-0.25, -0.2) is 0 Å². The summed E-state index contributed by atoms with van der Waals surface area (Å²) >= 11 is 6.33. The molecule has 0 amide bonds. The molecule has 0 aliphatic carbocycles. The summed E-state index contributed by atoms with van der Waals surface area (Å²) in [5, 5.41) is 0.423. The molecule has 2 rings (SSSR count). The number of ether oxygens (including phenoxy) is 4. The molecule has 0 saturated carbocycles. The standard InChI is InChI=1S/C22H25ClO5/c1-14(2)28-22-18(23)10-15(11-21(22)27-5)6-8-19(24)16-7-9-20(26-4)17(12-16)13-25-3/h6-12,14H,13H2,1-5H3/b8-6+. The first-order valence-corrected chi connectivity index (χ1v) is 9.19. The Morgan fingerprint density at radius 3 is 2.39 bits per heavy atom. The molecule has 0 aliphatic heterocycles. The van der Waals surface area contributed by atoms with Crippen LogP contribution >= 0.6 is 11.6 Å². The van der Waals surface area contributed by atoms with Gasteiger partial charge >= 0.3 is 0 Å². The zero-order chi connectivity index (χ0) is 20.7. The normalized spacial score (nSPS) is 11.1. The molecule has 0 bridgehead atoms. The highest BCUT2D eigenvalue weighted by molar-refractivity contribution is 6.32. The summed E-state index contributed by atoms with van der Waals surface area (Å²) in [6, 6.07) is 8.75. The molecule has 0 N–H and O–H groups in total. The van der Waals surface area contributed by atoms with Crippen molar-refractivity contribution >= 4 is 23.5 Å². The van der Waals surface area contributed by atoms with E-state index in [4.69, 9.17) is 30.5 Å². The molecule has 0 saturated heterocycles. The minimum Gasteiger partial charge on any atom is -0.496 e. The summed E-state index contributed by atoms with van der Waals surface area (Å²) < 4.78 is 21.5. The summed E-state index contributed by atoms with van der Waals surface area (Å²) in [7, 11) is 4.73. The van der Waals surface area contributed by atoms with Gasteiger partial charge in [-0.3, -0.25) is 4.79 Å². The molecule has 2 aromatic rings. The van der Waals surface area contributed by atoms with Crippen molar-refractivity contribution in [2.45, 2.75) is 26.6 Å². The third-order valence-electron chi connectivity index (χ3n) is 3.90. The Balaban J connectivity index is 2.27. The Hall–Kier alpha value is -2.50. The monoisotopic (exact) mass is 404 g/mol. The van der Waals surface area contributed by atoms with Crippen LogP contribution in [0.25, 0.3) is 6.08 Å². The smallest absolute Gasteiger partial charge is 0.185 e. The van der Waals surface area contributed by atoms with E-state index in [1.807, 2.05) is 13.8 Å². The fourth-order valence-electron chi connectivity index (χ4n) is 2.65. The van der Waals surface area contributed by atoms with Crippen LogP contribution in [0.2, 0.25) is 5.02 Å². The average molecular weight is 405 g/mol. The Bertz CT molecular complexity index is 858. The van der Waals surface area contributed by atoms with Gasteiger partial charge in [-0.2, -0.15) is 0 Å². The lowest BCUT2D eigenvalue weighted by molar-refractivity contribution is 0.104. The van der Waals surface area contributed by atoms with Crippen molar-refractivity contribution in [3.63, 3.8) is 0 Å². The molecule has 0 heterocycles. The van der Waals surface area contributed by atoms with Crippen LogP contribution in [0, 0.1) is 0 Å². The van der Waals surface area contributed by atoms with Gasteiger partial charge in [-0.15, -0.1) is 0 Å². The Labute approximate surface area is 170 Å². The Morgan fingerprint density at radius 2 is 1.79 bits per heavy atom. The number of hydrogen-bond donors (Lipinski definition) is 0. The van der Waals surface area contributed by atoms with Gasteiger partial charge in [0.2, 0.25) is 0 Å². The molecule has 0 aromatic heterocycles. The van der Waals surface area contributed by atoms with Gasteiger partial charge in [-0.1, -0.05) is 17.7 Å². The fraction of sp³-hybridized carbons (Fsp3) is 0.318. The lowest BCUT2D eigenvalue weighted by atomic mass is 10.1. The molecule has 0 unspecified atom stereocenters. The first kappa shape index (κ1) is 21.8. The van der Waals surface area contributed by atoms with Crippen LogP contribution < -0.4 is 14.2 Å². The van der Waals surface area contributed by atoms with E-state index in [9.17, 15) is 4.79 Å². The quantitative estimate of drug-likeness (QED) is 0.425. The van der Waals surface area contributed by atoms with E-state index in [2.05, 4.69) is 0 Å². The van der Waals surface area contributed by atoms with Crippen molar-refractivity contribution in [2.24, 2.45) is 0 Å². The van der Waals surface area contributed by atoms with Crippen LogP contribution in [-0.4, -0.2) is 33.2 Å². The van der Waals surface area contributed by atoms with Crippen molar-refractivity contribution in [3.05, 3.63) is 58.1 Å². The molecular weight excluding hydrogens is 380 g/mol. The van der Waals surface area contributed by atoms with Crippen molar-refractivity contribution in [3.8, 4) is 17.2 Å². The van der Waals surface area contributed by atoms with Crippen molar-refractivity contribution in [2.75, 3.05) is 21.3 Å². The summed E-state index contributed by atoms with van der Waals surface area (Å²) in [5.74, 6) is 1.54. The van der Waals surface area contributed by atoms with Crippen molar-refractivity contribution in [1.29, 1.82) is 0 Å². The van der Waals surface area contributed by atoms with Crippen LogP contribution in [-0.2, 0) is 11.3 Å². The molecule has 0 spiro atoms. The van der Waals surface area contributed by atoms with Gasteiger partial charge in [0.25, 0.3) is 0 Å². The number of rotatable bonds is 9. The lowest BCUT2D eigenvalue weighted by Crippen LogP contribution is -2.07. The van der Waals surface area contributed by atoms with Gasteiger partial charge in [0.15, 0.2) is 17.3 Å². The van der Waals surface area contributed by atoms with Crippen LogP contribution in [0.15, 0.2) is 36.4 Å². The molecule has 0 radical (unpaired) electrons. The maximum absolute atomic E-state index is 12.6. The number of halogens is 1. The summed E-state index contributed by atoms with van der Waals surface area (Å²) in [6.07, 6.45) is 3.15. The second-order valence-corrected chi connectivity index (χ2v) is 6.77. The predicted molar refractivity (Wildman–Crippen MR) is 111 cm³/mol. The first-order valence-electron chi connectivity index (χ1n) is 8.82. The third-order valence-corrected chi connectivity index (χ3v) is 4.18. The van der Waals surface area contributed by atoms with Gasteiger partial charge in [-0.05, 0) is 55.8 Å². The third kappa shape index (κ3) is 5.50. The van der Waals surface area contributed by atoms with Crippen molar-refractivity contribution in [1.82, 2.24) is 0 Å². The second kappa shape index (κ2) is 10.2. The predicted octanol–water partition coefficient (Wildman–Crippen LogP) is 5.19. The van der Waals surface area contributed by atoms with Crippen LogP contribution in [0.4, 0.5) is 0 Å². The zero-order valence-electron chi connectivity index (χ0n) is 16.7. The summed E-state index contributed by atoms with van der Waals surface area (Å²) in [6.45, 7) is 4.18. The summed E-state index contributed by atoms with van der Waals surface area (Å²) in [4.78, 5) is 12.6. The van der Waals surface area contributed by atoms with Gasteiger partial charge < -0.3 is 18.9 Å². The molecular formula is C22H25ClO5. The molecule has 0 fully saturated rings. The van der Waals surface area contributed by atoms with Gasteiger partial charge in [0.05, 0.1) is 32.0 Å². The Kier molecular flexibility index (Phi) is 7.91. The number of allylic oxidation sites excluding steroid dienone is 1. The molecule has 6 heteroatoms. The van der Waals surface area contributed by atoms with Gasteiger partial charge in [0, 0.05) is 18.2 Å². The highest BCUT2D eigenvalue weighted by atomic mass is 35.5. The first-order chi connectivity index (χ1) is 13.4. The van der Waals surface area contributed by atoms with E-state index in [-0.39, 0.29) is 11.9 Å². The maximum Gasteiger partial charge on any atom is 0.185 e. The molecule has 150 valence electrons. The van der Waals surface area contributed by atoms with Crippen LogP contribution in [0.1, 0.15) is 35.3 Å². The average Bonchev–Trinajstić information content (AvgIpc) is 2.67. The topological polar surface area (TPSA) is 54.0 Å². The molecule has 0 atom stereocenters. The number of hydrogen-bond acceptors (Lipinski definition) is 5. The van der Waals surface area contributed by atoms with E-state index in [1.54, 1.807) is 57.7 Å². The minimum absolute atomic E-state index is 0.0364. The SMILES string of the molecule is COCc1cc(C(=O)/C=C/c2cc(Cl)c(OC(C)C)c(OC)c2)ccc1OC. The number of benzene rings is 2. The highest BCUT2D eigenvalue weighted by Gasteiger charge is 2.13. The van der Waals surface area contributed by atoms with E-state index in [0.717, 1.165) is 11.1 Å². The van der Waals surface area contributed by atoms with E-state index >= 15 is 0 Å². The number of methoxy groups -OCH3 is 3. The van der Waals surface area contributed by atoms with Crippen LogP contribution in [0.3, 0.4) is 0 Å². The number of carbonyl (C=O) groups is 1. The highest BCUT2D eigenvalue weighted by Crippen LogP contribution is 2.37. The van der Waals surface area contributed by atoms with E-state index in [1.165, 1.54) is 6.08 Å². The molecule has 0 aliphatic rings. The van der Waals surface area contributed by atoms with E-state index < -0.39 is 0 Å². The summed E-state index contributed by atoms with van der Waals surface area (Å²) in [5.41, 5.74) is 2.09. The Morgan fingerprint density at radius 1 is 1.07 bits per heavy atom. The fourth-order valence-corrected chi connectivity index (χ4v) is 2.92. The van der Waals surface area contributed by atoms with Crippen LogP contribution in [0.5, 0.6) is 17.2 Å². The molecule has 2 aromatic carbocycles. The minimum atomic E-state index is -0.141. The lowest BCUT2D eigenvalue weighted by Gasteiger charge is -2.15. The number of ketones is 1. The molecule has 5 nitrogen and oxygen atoms in total. The zero-order valence-corrected chi connectivity index (χ0v) is 17.5. The van der Waals surface area contributed by atoms with E-state index in [0.29, 0.717) is 34.4 Å². The maximum atomic E-state index is 12.6.